The van der Waals surface area contributed by atoms with Crippen LogP contribution in [-0.2, 0) is 0 Å². The zero-order valence-electron chi connectivity index (χ0n) is 13.1. The topological polar surface area (TPSA) is 50.4 Å². The lowest BCUT2D eigenvalue weighted by Gasteiger charge is -2.30. The predicted octanol–water partition coefficient (Wildman–Crippen LogP) is 2.78. The van der Waals surface area contributed by atoms with Crippen LogP contribution in [0, 0.1) is 13.8 Å². The highest BCUT2D eigenvalue weighted by Crippen LogP contribution is 2.26. The van der Waals surface area contributed by atoms with Crippen LogP contribution >= 0.6 is 0 Å². The molecule has 2 rings (SSSR count). The van der Waals surface area contributed by atoms with E-state index in [1.165, 1.54) is 0 Å². The predicted molar refractivity (Wildman–Crippen MR) is 80.5 cm³/mol. The van der Waals surface area contributed by atoms with Crippen molar-refractivity contribution in [1.82, 2.24) is 10.6 Å². The van der Waals surface area contributed by atoms with E-state index in [0.717, 1.165) is 19.4 Å². The Hall–Kier alpha value is -1.69. The Bertz CT molecular complexity index is 526. The van der Waals surface area contributed by atoms with Crippen LogP contribution in [0.1, 0.15) is 41.3 Å². The lowest BCUT2D eigenvalue weighted by molar-refractivity contribution is -0.0507. The molecule has 1 heterocycles. The average molecular weight is 312 g/mol. The van der Waals surface area contributed by atoms with Crippen LogP contribution in [0.4, 0.5) is 8.78 Å². The zero-order valence-corrected chi connectivity index (χ0v) is 13.1. The van der Waals surface area contributed by atoms with Gasteiger partial charge in [0.05, 0.1) is 0 Å². The van der Waals surface area contributed by atoms with Crippen molar-refractivity contribution in [2.75, 3.05) is 6.54 Å². The van der Waals surface area contributed by atoms with E-state index in [-0.39, 0.29) is 23.7 Å². The van der Waals surface area contributed by atoms with Crippen molar-refractivity contribution in [3.8, 4) is 5.75 Å². The largest absolute Gasteiger partial charge is 0.434 e. The number of amides is 1. The highest BCUT2D eigenvalue weighted by atomic mass is 19.3. The molecule has 2 N–H and O–H groups in total. The highest BCUT2D eigenvalue weighted by Gasteiger charge is 2.23. The molecule has 0 spiro atoms. The quantitative estimate of drug-likeness (QED) is 0.899. The molecule has 22 heavy (non-hydrogen) atoms. The van der Waals surface area contributed by atoms with Crippen LogP contribution in [-0.4, -0.2) is 31.1 Å². The summed E-state index contributed by atoms with van der Waals surface area (Å²) in [6, 6.07) is 3.47. The fraction of sp³-hybridized carbons (Fsp3) is 0.562. The number of benzene rings is 1. The fourth-order valence-corrected chi connectivity index (χ4v) is 2.85. The number of halogens is 2. The van der Waals surface area contributed by atoms with Crippen molar-refractivity contribution in [1.29, 1.82) is 0 Å². The summed E-state index contributed by atoms with van der Waals surface area (Å²) < 4.78 is 29.3. The summed E-state index contributed by atoms with van der Waals surface area (Å²) in [4.78, 5) is 12.4. The second kappa shape index (κ2) is 7.05. The molecule has 1 aromatic carbocycles. The normalized spacial score (nSPS) is 21.7. The third-order valence-electron chi connectivity index (χ3n) is 4.01. The van der Waals surface area contributed by atoms with Crippen LogP contribution in [0.5, 0.6) is 5.75 Å². The lowest BCUT2D eigenvalue weighted by atomic mass is 9.99. The number of nitrogens with one attached hydrogen (secondary N) is 2. The standard InChI is InChI=1S/C16H22F2N2O2/c1-9-7-12(8-10(2)14(9)22-16(17)18)15(21)20-13-5-4-6-19-11(13)3/h7-8,11,13,16,19H,4-6H2,1-3H3,(H,20,21). The first-order valence-corrected chi connectivity index (χ1v) is 7.48. The second-order valence-electron chi connectivity index (χ2n) is 5.78. The number of carbonyl (C=O) groups excluding carboxylic acids is 1. The van der Waals surface area contributed by atoms with Gasteiger partial charge in [0.25, 0.3) is 5.91 Å². The summed E-state index contributed by atoms with van der Waals surface area (Å²) in [5.41, 5.74) is 1.52. The fourth-order valence-electron chi connectivity index (χ4n) is 2.85. The molecule has 6 heteroatoms. The molecule has 4 nitrogen and oxygen atoms in total. The first-order chi connectivity index (χ1) is 10.4. The van der Waals surface area contributed by atoms with E-state index in [9.17, 15) is 13.6 Å². The summed E-state index contributed by atoms with van der Waals surface area (Å²) >= 11 is 0. The van der Waals surface area contributed by atoms with Gasteiger partial charge in [0.2, 0.25) is 0 Å². The van der Waals surface area contributed by atoms with Crippen molar-refractivity contribution in [3.63, 3.8) is 0 Å². The summed E-state index contributed by atoms with van der Waals surface area (Å²) in [5.74, 6) is -0.0467. The van der Waals surface area contributed by atoms with Gasteiger partial charge in [-0.15, -0.1) is 0 Å². The van der Waals surface area contributed by atoms with Gasteiger partial charge in [-0.2, -0.15) is 8.78 Å². The van der Waals surface area contributed by atoms with E-state index in [2.05, 4.69) is 15.4 Å². The third-order valence-corrected chi connectivity index (χ3v) is 4.01. The second-order valence-corrected chi connectivity index (χ2v) is 5.78. The third kappa shape index (κ3) is 3.94. The molecule has 1 saturated heterocycles. The number of alkyl halides is 2. The molecule has 122 valence electrons. The van der Waals surface area contributed by atoms with Crippen LogP contribution in [0.3, 0.4) is 0 Å². The number of aryl methyl sites for hydroxylation is 2. The minimum Gasteiger partial charge on any atom is -0.434 e. The van der Waals surface area contributed by atoms with Gasteiger partial charge in [-0.05, 0) is 63.4 Å². The number of hydrogen-bond donors (Lipinski definition) is 2. The molecule has 1 aliphatic heterocycles. The van der Waals surface area contributed by atoms with Gasteiger partial charge < -0.3 is 15.4 Å². The van der Waals surface area contributed by atoms with E-state index in [0.29, 0.717) is 16.7 Å². The van der Waals surface area contributed by atoms with E-state index in [1.54, 1.807) is 26.0 Å². The van der Waals surface area contributed by atoms with Gasteiger partial charge >= 0.3 is 6.61 Å². The molecule has 0 bridgehead atoms. The Morgan fingerprint density at radius 3 is 2.55 bits per heavy atom. The van der Waals surface area contributed by atoms with Gasteiger partial charge in [0, 0.05) is 17.6 Å². The van der Waals surface area contributed by atoms with Gasteiger partial charge in [-0.1, -0.05) is 0 Å². The summed E-state index contributed by atoms with van der Waals surface area (Å²) in [5, 5.41) is 6.33. The van der Waals surface area contributed by atoms with Crippen molar-refractivity contribution in [2.24, 2.45) is 0 Å². The first kappa shape index (κ1) is 16.7. The number of piperidine rings is 1. The van der Waals surface area contributed by atoms with Crippen molar-refractivity contribution in [2.45, 2.75) is 52.3 Å². The molecule has 2 atom stereocenters. The molecule has 2 unspecified atom stereocenters. The molecular weight excluding hydrogens is 290 g/mol. The van der Waals surface area contributed by atoms with Crippen LogP contribution in [0.2, 0.25) is 0 Å². The van der Waals surface area contributed by atoms with Gasteiger partial charge in [0.1, 0.15) is 5.75 Å². The maximum absolute atomic E-state index is 12.4. The molecule has 1 fully saturated rings. The average Bonchev–Trinajstić information content (AvgIpc) is 2.44. The van der Waals surface area contributed by atoms with Gasteiger partial charge in [-0.25, -0.2) is 0 Å². The van der Waals surface area contributed by atoms with Crippen LogP contribution in [0.25, 0.3) is 0 Å². The molecule has 0 saturated carbocycles. The summed E-state index contributed by atoms with van der Waals surface area (Å²) in [6.07, 6.45) is 1.96. The van der Waals surface area contributed by atoms with Gasteiger partial charge in [-0.3, -0.25) is 4.79 Å². The Labute approximate surface area is 129 Å². The zero-order chi connectivity index (χ0) is 16.3. The van der Waals surface area contributed by atoms with Crippen molar-refractivity contribution >= 4 is 5.91 Å². The lowest BCUT2D eigenvalue weighted by Crippen LogP contribution is -2.51. The Balaban J connectivity index is 2.13. The number of rotatable bonds is 4. The molecule has 1 aromatic rings. The molecule has 1 amide bonds. The summed E-state index contributed by atoms with van der Waals surface area (Å²) in [6.45, 7) is 3.45. The molecular formula is C16H22F2N2O2. The number of carbonyl (C=O) groups is 1. The van der Waals surface area contributed by atoms with E-state index < -0.39 is 6.61 Å². The van der Waals surface area contributed by atoms with Crippen molar-refractivity contribution in [3.05, 3.63) is 28.8 Å². The molecule has 0 aromatic heterocycles. The molecule has 0 radical (unpaired) electrons. The monoisotopic (exact) mass is 312 g/mol. The maximum Gasteiger partial charge on any atom is 0.387 e. The minimum atomic E-state index is -2.87. The number of hydrogen-bond acceptors (Lipinski definition) is 3. The summed E-state index contributed by atoms with van der Waals surface area (Å²) in [7, 11) is 0. The Morgan fingerprint density at radius 1 is 1.36 bits per heavy atom. The highest BCUT2D eigenvalue weighted by molar-refractivity contribution is 5.95. The minimum absolute atomic E-state index is 0.0823. The molecule has 1 aliphatic rings. The Kier molecular flexibility index (Phi) is 5.34. The van der Waals surface area contributed by atoms with E-state index in [1.807, 2.05) is 6.92 Å². The van der Waals surface area contributed by atoms with E-state index >= 15 is 0 Å². The van der Waals surface area contributed by atoms with Crippen LogP contribution in [0.15, 0.2) is 12.1 Å². The number of ether oxygens (including phenoxy) is 1. The van der Waals surface area contributed by atoms with Crippen LogP contribution < -0.4 is 15.4 Å². The smallest absolute Gasteiger partial charge is 0.387 e. The van der Waals surface area contributed by atoms with Crippen molar-refractivity contribution < 1.29 is 18.3 Å². The van der Waals surface area contributed by atoms with E-state index in [4.69, 9.17) is 0 Å². The van der Waals surface area contributed by atoms with Gasteiger partial charge in [0.15, 0.2) is 0 Å². The molecule has 0 aliphatic carbocycles. The maximum atomic E-state index is 12.4. The Morgan fingerprint density at radius 2 is 2.00 bits per heavy atom. The first-order valence-electron chi connectivity index (χ1n) is 7.48. The SMILES string of the molecule is Cc1cc(C(=O)NC2CCCNC2C)cc(C)c1OC(F)F.